The van der Waals surface area contributed by atoms with E-state index in [1.54, 1.807) is 0 Å². The minimum Gasteiger partial charge on any atom is -0.466 e. The summed E-state index contributed by atoms with van der Waals surface area (Å²) in [6.45, 7) is 12.0. The molecule has 1 aliphatic rings. The van der Waals surface area contributed by atoms with E-state index in [2.05, 4.69) is 27.7 Å². The van der Waals surface area contributed by atoms with Crippen LogP contribution < -0.4 is 0 Å². The molecule has 0 amide bonds. The van der Waals surface area contributed by atoms with Crippen molar-refractivity contribution in [1.29, 1.82) is 0 Å². The topological polar surface area (TPSA) is 35.5 Å². The van der Waals surface area contributed by atoms with E-state index in [1.807, 2.05) is 6.92 Å². The van der Waals surface area contributed by atoms with Crippen molar-refractivity contribution in [3.05, 3.63) is 0 Å². The second kappa shape index (κ2) is 8.02. The lowest BCUT2D eigenvalue weighted by Crippen LogP contribution is -2.37. The molecule has 1 rings (SSSR count). The molecule has 1 aliphatic heterocycles. The van der Waals surface area contributed by atoms with Crippen LogP contribution in [0.5, 0.6) is 0 Å². The molecule has 3 nitrogen and oxygen atoms in total. The summed E-state index contributed by atoms with van der Waals surface area (Å²) in [7, 11) is 0. The van der Waals surface area contributed by atoms with Crippen LogP contribution in [-0.4, -0.2) is 24.8 Å². The lowest BCUT2D eigenvalue weighted by atomic mass is 9.75. The first-order valence-electron chi connectivity index (χ1n) is 8.13. The van der Waals surface area contributed by atoms with Crippen molar-refractivity contribution in [3.63, 3.8) is 0 Å². The van der Waals surface area contributed by atoms with Crippen molar-refractivity contribution in [2.45, 2.75) is 72.3 Å². The third kappa shape index (κ3) is 6.25. The molecule has 20 heavy (non-hydrogen) atoms. The molecule has 1 fully saturated rings. The first-order chi connectivity index (χ1) is 9.34. The van der Waals surface area contributed by atoms with Crippen LogP contribution in [0.1, 0.15) is 66.7 Å². The van der Waals surface area contributed by atoms with Crippen molar-refractivity contribution >= 4 is 5.97 Å². The summed E-state index contributed by atoms with van der Waals surface area (Å²) < 4.78 is 11.0. The molecule has 3 heteroatoms. The minimum atomic E-state index is -0.0480. The molecular weight excluding hydrogens is 252 g/mol. The predicted molar refractivity (Wildman–Crippen MR) is 81.6 cm³/mol. The van der Waals surface area contributed by atoms with Crippen LogP contribution in [0.25, 0.3) is 0 Å². The Kier molecular flexibility index (Phi) is 7.01. The van der Waals surface area contributed by atoms with Crippen LogP contribution in [-0.2, 0) is 14.3 Å². The fourth-order valence-corrected chi connectivity index (χ4v) is 3.17. The Labute approximate surface area is 124 Å². The van der Waals surface area contributed by atoms with Gasteiger partial charge in [-0.2, -0.15) is 0 Å². The van der Waals surface area contributed by atoms with Gasteiger partial charge in [0.2, 0.25) is 0 Å². The smallest absolute Gasteiger partial charge is 0.306 e. The molecule has 1 saturated heterocycles. The number of esters is 1. The summed E-state index contributed by atoms with van der Waals surface area (Å²) in [6, 6.07) is 0. The summed E-state index contributed by atoms with van der Waals surface area (Å²) in [4.78, 5) is 11.8. The van der Waals surface area contributed by atoms with Crippen molar-refractivity contribution in [3.8, 4) is 0 Å². The third-order valence-corrected chi connectivity index (χ3v) is 4.25. The van der Waals surface area contributed by atoms with Gasteiger partial charge in [0.15, 0.2) is 0 Å². The van der Waals surface area contributed by atoms with Crippen molar-refractivity contribution in [2.75, 3.05) is 13.2 Å². The highest BCUT2D eigenvalue weighted by Gasteiger charge is 2.34. The number of carbonyl (C=O) groups is 1. The maximum absolute atomic E-state index is 11.8. The fraction of sp³-hybridized carbons (Fsp3) is 0.941. The zero-order valence-electron chi connectivity index (χ0n) is 13.9. The highest BCUT2D eigenvalue weighted by Crippen LogP contribution is 2.37. The van der Waals surface area contributed by atoms with Gasteiger partial charge in [-0.25, -0.2) is 0 Å². The van der Waals surface area contributed by atoms with Gasteiger partial charge >= 0.3 is 5.97 Å². The second-order valence-corrected chi connectivity index (χ2v) is 7.10. The molecule has 2 atom stereocenters. The molecule has 0 N–H and O–H groups in total. The van der Waals surface area contributed by atoms with Crippen molar-refractivity contribution in [2.24, 2.45) is 17.8 Å². The molecule has 1 heterocycles. The molecule has 0 radical (unpaired) electrons. The lowest BCUT2D eigenvalue weighted by Gasteiger charge is -2.39. The maximum atomic E-state index is 11.8. The fourth-order valence-electron chi connectivity index (χ4n) is 3.17. The Hall–Kier alpha value is -0.570. The largest absolute Gasteiger partial charge is 0.466 e. The highest BCUT2D eigenvalue weighted by molar-refractivity contribution is 5.69. The molecule has 0 bridgehead atoms. The second-order valence-electron chi connectivity index (χ2n) is 7.10. The third-order valence-electron chi connectivity index (χ3n) is 4.25. The van der Waals surface area contributed by atoms with Gasteiger partial charge < -0.3 is 9.47 Å². The SMILES string of the molecule is CCOC(=O)C[C@@H](CCC(C)C)[C@H]1CCOC(C)(C)C1. The normalized spacial score (nSPS) is 23.6. The molecule has 0 aromatic rings. The Morgan fingerprint density at radius 2 is 2.05 bits per heavy atom. The quantitative estimate of drug-likeness (QED) is 0.657. The summed E-state index contributed by atoms with van der Waals surface area (Å²) in [5.74, 6) is 1.68. The van der Waals surface area contributed by atoms with Crippen LogP contribution in [0.2, 0.25) is 0 Å². The summed E-state index contributed by atoms with van der Waals surface area (Å²) in [6.07, 6.45) is 5.00. The number of hydrogen-bond acceptors (Lipinski definition) is 3. The molecule has 0 aromatic carbocycles. The van der Waals surface area contributed by atoms with Gasteiger partial charge in [-0.05, 0) is 57.8 Å². The zero-order chi connectivity index (χ0) is 15.2. The first-order valence-corrected chi connectivity index (χ1v) is 8.13. The minimum absolute atomic E-state index is 0.0365. The van der Waals surface area contributed by atoms with E-state index in [0.29, 0.717) is 30.8 Å². The van der Waals surface area contributed by atoms with E-state index >= 15 is 0 Å². The average molecular weight is 284 g/mol. The van der Waals surface area contributed by atoms with Crippen molar-refractivity contribution in [1.82, 2.24) is 0 Å². The molecule has 0 spiro atoms. The number of ether oxygens (including phenoxy) is 2. The molecule has 0 saturated carbocycles. The first kappa shape index (κ1) is 17.5. The average Bonchev–Trinajstić information content (AvgIpc) is 2.33. The summed E-state index contributed by atoms with van der Waals surface area (Å²) in [5, 5.41) is 0. The molecule has 0 aromatic heterocycles. The molecule has 118 valence electrons. The highest BCUT2D eigenvalue weighted by atomic mass is 16.5. The van der Waals surface area contributed by atoms with Gasteiger partial charge in [0.1, 0.15) is 0 Å². The van der Waals surface area contributed by atoms with Gasteiger partial charge in [0.05, 0.1) is 12.2 Å². The standard InChI is InChI=1S/C17H32O3/c1-6-19-16(18)11-14(8-7-13(2)3)15-9-10-20-17(4,5)12-15/h13-15H,6-12H2,1-5H3/t14-,15+/m1/s1. The van der Waals surface area contributed by atoms with Gasteiger partial charge in [-0.15, -0.1) is 0 Å². The van der Waals surface area contributed by atoms with Crippen molar-refractivity contribution < 1.29 is 14.3 Å². The molecule has 0 unspecified atom stereocenters. The molecular formula is C17H32O3. The monoisotopic (exact) mass is 284 g/mol. The van der Waals surface area contributed by atoms with Gasteiger partial charge in [-0.1, -0.05) is 20.3 Å². The Bertz CT molecular complexity index is 297. The number of hydrogen-bond donors (Lipinski definition) is 0. The van der Waals surface area contributed by atoms with E-state index in [0.717, 1.165) is 25.9 Å². The molecule has 0 aliphatic carbocycles. The van der Waals surface area contributed by atoms with Gasteiger partial charge in [0.25, 0.3) is 0 Å². The van der Waals surface area contributed by atoms with Crippen LogP contribution in [0, 0.1) is 17.8 Å². The van der Waals surface area contributed by atoms with Crippen LogP contribution >= 0.6 is 0 Å². The van der Waals surface area contributed by atoms with Crippen LogP contribution in [0.3, 0.4) is 0 Å². The van der Waals surface area contributed by atoms with E-state index in [1.165, 1.54) is 6.42 Å². The Morgan fingerprint density at radius 3 is 2.60 bits per heavy atom. The summed E-state index contributed by atoms with van der Waals surface area (Å²) >= 11 is 0. The Balaban J connectivity index is 2.62. The number of carbonyl (C=O) groups excluding carboxylic acids is 1. The van der Waals surface area contributed by atoms with Crippen LogP contribution in [0.4, 0.5) is 0 Å². The van der Waals surface area contributed by atoms with Gasteiger partial charge in [-0.3, -0.25) is 4.79 Å². The Morgan fingerprint density at radius 1 is 1.35 bits per heavy atom. The van der Waals surface area contributed by atoms with E-state index < -0.39 is 0 Å². The summed E-state index contributed by atoms with van der Waals surface area (Å²) in [5.41, 5.74) is -0.0480. The lowest BCUT2D eigenvalue weighted by molar-refractivity contribution is -0.146. The maximum Gasteiger partial charge on any atom is 0.306 e. The number of rotatable bonds is 7. The van der Waals surface area contributed by atoms with E-state index in [4.69, 9.17) is 9.47 Å². The van der Waals surface area contributed by atoms with E-state index in [9.17, 15) is 4.79 Å². The predicted octanol–water partition coefficient (Wildman–Crippen LogP) is 4.20. The van der Waals surface area contributed by atoms with Gasteiger partial charge in [0, 0.05) is 13.0 Å². The zero-order valence-corrected chi connectivity index (χ0v) is 13.9. The van der Waals surface area contributed by atoms with Crippen LogP contribution in [0.15, 0.2) is 0 Å². The van der Waals surface area contributed by atoms with E-state index in [-0.39, 0.29) is 11.6 Å².